The summed E-state index contributed by atoms with van der Waals surface area (Å²) in [6.07, 6.45) is 1.59. The van der Waals surface area contributed by atoms with Crippen LogP contribution in [0.5, 0.6) is 11.5 Å². The molecule has 1 aromatic carbocycles. The van der Waals surface area contributed by atoms with Crippen molar-refractivity contribution in [1.82, 2.24) is 4.90 Å². The van der Waals surface area contributed by atoms with Gasteiger partial charge in [0.1, 0.15) is 4.32 Å². The van der Waals surface area contributed by atoms with Gasteiger partial charge in [-0.25, -0.2) is 8.42 Å². The van der Waals surface area contributed by atoms with E-state index in [0.717, 1.165) is 16.7 Å². The number of thiocarbonyl (C=S) groups is 1. The molecule has 1 aliphatic heterocycles. The first-order valence-electron chi connectivity index (χ1n) is 6.66. The summed E-state index contributed by atoms with van der Waals surface area (Å²) in [5.74, 6) is -0.153. The van der Waals surface area contributed by atoms with E-state index in [9.17, 15) is 17.8 Å². The molecule has 0 atom stereocenters. The average molecular weight is 388 g/mol. The topological polar surface area (TPSA) is 96.0 Å². The van der Waals surface area contributed by atoms with Gasteiger partial charge in [-0.3, -0.25) is 9.69 Å². The number of para-hydroxylation sites is 1. The lowest BCUT2D eigenvalue weighted by molar-refractivity contribution is -0.121. The van der Waals surface area contributed by atoms with Crippen LogP contribution in [0.2, 0.25) is 0 Å². The molecule has 10 heteroatoms. The van der Waals surface area contributed by atoms with Crippen LogP contribution in [-0.2, 0) is 14.9 Å². The van der Waals surface area contributed by atoms with E-state index >= 15 is 0 Å². The van der Waals surface area contributed by atoms with Crippen LogP contribution in [-0.4, -0.2) is 54.6 Å². The highest BCUT2D eigenvalue weighted by atomic mass is 32.2. The third kappa shape index (κ3) is 4.26. The Morgan fingerprint density at radius 2 is 2.04 bits per heavy atom. The number of amides is 1. The quantitative estimate of drug-likeness (QED) is 0.410. The maximum Gasteiger partial charge on any atom is 0.266 e. The Bertz CT molecular complexity index is 803. The summed E-state index contributed by atoms with van der Waals surface area (Å²) in [4.78, 5) is 13.8. The molecule has 24 heavy (non-hydrogen) atoms. The molecule has 1 aliphatic rings. The third-order valence-corrected chi connectivity index (χ3v) is 5.22. The van der Waals surface area contributed by atoms with E-state index in [-0.39, 0.29) is 10.9 Å². The monoisotopic (exact) mass is 388 g/mol. The standard InChI is InChI=1S/C14H15NO6S3/c1-20-10-5-3-4-9(12(10)21-2)8-11-13(16)15(14(22)23-11)6-7-24(17,18)19/h3-5,8H,6-7H2,1-2H3,(H,17,18,19)/p-1/b11-8-. The molecule has 1 amide bonds. The van der Waals surface area contributed by atoms with Gasteiger partial charge in [0.25, 0.3) is 5.91 Å². The van der Waals surface area contributed by atoms with Crippen LogP contribution in [0.1, 0.15) is 5.56 Å². The van der Waals surface area contributed by atoms with Gasteiger partial charge < -0.3 is 14.0 Å². The zero-order valence-electron chi connectivity index (χ0n) is 12.8. The van der Waals surface area contributed by atoms with Crippen LogP contribution in [0, 0.1) is 0 Å². The van der Waals surface area contributed by atoms with Gasteiger partial charge in [-0.1, -0.05) is 36.1 Å². The van der Waals surface area contributed by atoms with E-state index in [1.807, 2.05) is 0 Å². The lowest BCUT2D eigenvalue weighted by atomic mass is 10.1. The molecule has 2 rings (SSSR count). The fourth-order valence-corrected chi connectivity index (χ4v) is 3.77. The molecule has 0 spiro atoms. The number of ether oxygens (including phenoxy) is 2. The molecule has 130 valence electrons. The van der Waals surface area contributed by atoms with E-state index in [1.54, 1.807) is 24.3 Å². The van der Waals surface area contributed by atoms with Crippen LogP contribution in [0.4, 0.5) is 0 Å². The van der Waals surface area contributed by atoms with Crippen molar-refractivity contribution >= 4 is 50.4 Å². The second kappa shape index (κ2) is 7.51. The van der Waals surface area contributed by atoms with E-state index in [0.29, 0.717) is 22.0 Å². The average Bonchev–Trinajstić information content (AvgIpc) is 2.78. The predicted octanol–water partition coefficient (Wildman–Crippen LogP) is 1.45. The Morgan fingerprint density at radius 3 is 2.62 bits per heavy atom. The molecule has 1 fully saturated rings. The molecular formula is C14H14NO6S3-. The van der Waals surface area contributed by atoms with Gasteiger partial charge >= 0.3 is 0 Å². The molecule has 1 aromatic rings. The fourth-order valence-electron chi connectivity index (χ4n) is 2.06. The SMILES string of the molecule is COc1cccc(/C=C2\SC(=S)N(CCS(=O)(=O)[O-])C2=O)c1OC. The highest BCUT2D eigenvalue weighted by Gasteiger charge is 2.32. The van der Waals surface area contributed by atoms with Gasteiger partial charge in [0.2, 0.25) is 0 Å². The van der Waals surface area contributed by atoms with Crippen molar-refractivity contribution < 1.29 is 27.2 Å². The summed E-state index contributed by atoms with van der Waals surface area (Å²) >= 11 is 6.12. The van der Waals surface area contributed by atoms with Crippen molar-refractivity contribution in [2.45, 2.75) is 0 Å². The summed E-state index contributed by atoms with van der Waals surface area (Å²) in [7, 11) is -1.43. The molecule has 0 aromatic heterocycles. The fraction of sp³-hybridized carbons (Fsp3) is 0.286. The number of methoxy groups -OCH3 is 2. The first-order valence-corrected chi connectivity index (χ1v) is 9.47. The van der Waals surface area contributed by atoms with Gasteiger partial charge in [-0.05, 0) is 12.1 Å². The molecule has 0 N–H and O–H groups in total. The highest BCUT2D eigenvalue weighted by Crippen LogP contribution is 2.37. The maximum absolute atomic E-state index is 12.4. The van der Waals surface area contributed by atoms with Crippen LogP contribution in [0.3, 0.4) is 0 Å². The highest BCUT2D eigenvalue weighted by molar-refractivity contribution is 8.26. The van der Waals surface area contributed by atoms with Crippen LogP contribution >= 0.6 is 24.0 Å². The molecule has 0 unspecified atom stereocenters. The molecule has 1 heterocycles. The molecule has 7 nitrogen and oxygen atoms in total. The first kappa shape index (κ1) is 18.7. The number of carbonyl (C=O) groups excluding carboxylic acids is 1. The van der Waals surface area contributed by atoms with Crippen molar-refractivity contribution in [3.05, 3.63) is 28.7 Å². The summed E-state index contributed by atoms with van der Waals surface area (Å²) in [5, 5.41) is 0. The number of benzene rings is 1. The van der Waals surface area contributed by atoms with Crippen LogP contribution in [0.15, 0.2) is 23.1 Å². The molecule has 0 aliphatic carbocycles. The Kier molecular flexibility index (Phi) is 5.86. The lowest BCUT2D eigenvalue weighted by Gasteiger charge is -2.15. The van der Waals surface area contributed by atoms with Gasteiger partial charge in [0, 0.05) is 12.1 Å². The van der Waals surface area contributed by atoms with Crippen LogP contribution < -0.4 is 9.47 Å². The maximum atomic E-state index is 12.4. The van der Waals surface area contributed by atoms with Gasteiger partial charge in [-0.2, -0.15) is 0 Å². The minimum absolute atomic E-state index is 0.205. The molecule has 0 bridgehead atoms. The second-order valence-electron chi connectivity index (χ2n) is 4.68. The Balaban J connectivity index is 2.29. The minimum Gasteiger partial charge on any atom is -0.748 e. The summed E-state index contributed by atoms with van der Waals surface area (Å²) < 4.78 is 42.9. The summed E-state index contributed by atoms with van der Waals surface area (Å²) in [6, 6.07) is 5.22. The summed E-state index contributed by atoms with van der Waals surface area (Å²) in [5.41, 5.74) is 0.619. The van der Waals surface area contributed by atoms with E-state index in [4.69, 9.17) is 21.7 Å². The van der Waals surface area contributed by atoms with Gasteiger partial charge in [-0.15, -0.1) is 0 Å². The molecule has 0 radical (unpaired) electrons. The van der Waals surface area contributed by atoms with Gasteiger partial charge in [0.05, 0.1) is 35.0 Å². The van der Waals surface area contributed by atoms with Crippen molar-refractivity contribution in [2.24, 2.45) is 0 Å². The number of carbonyl (C=O) groups is 1. The van der Waals surface area contributed by atoms with Gasteiger partial charge in [0.15, 0.2) is 11.5 Å². The second-order valence-corrected chi connectivity index (χ2v) is 7.88. The Morgan fingerprint density at radius 1 is 1.33 bits per heavy atom. The third-order valence-electron chi connectivity index (χ3n) is 3.16. The molecular weight excluding hydrogens is 374 g/mol. The number of rotatable bonds is 6. The Hall–Kier alpha value is -1.62. The Labute approximate surface area is 149 Å². The molecule has 1 saturated heterocycles. The number of hydrogen-bond donors (Lipinski definition) is 0. The normalized spacial score (nSPS) is 16.8. The van der Waals surface area contributed by atoms with E-state index < -0.39 is 21.8 Å². The minimum atomic E-state index is -4.42. The summed E-state index contributed by atoms with van der Waals surface area (Å²) in [6.45, 7) is -0.261. The van der Waals surface area contributed by atoms with Crippen molar-refractivity contribution in [1.29, 1.82) is 0 Å². The smallest absolute Gasteiger partial charge is 0.266 e. The zero-order chi connectivity index (χ0) is 17.9. The van der Waals surface area contributed by atoms with Crippen molar-refractivity contribution in [3.8, 4) is 11.5 Å². The number of nitrogens with zero attached hydrogens (tertiary/aromatic N) is 1. The van der Waals surface area contributed by atoms with E-state index in [1.165, 1.54) is 14.2 Å². The largest absolute Gasteiger partial charge is 0.748 e. The van der Waals surface area contributed by atoms with Crippen LogP contribution in [0.25, 0.3) is 6.08 Å². The molecule has 0 saturated carbocycles. The predicted molar refractivity (Wildman–Crippen MR) is 94.0 cm³/mol. The lowest BCUT2D eigenvalue weighted by Crippen LogP contribution is -2.32. The van der Waals surface area contributed by atoms with Crippen molar-refractivity contribution in [3.63, 3.8) is 0 Å². The van der Waals surface area contributed by atoms with Crippen molar-refractivity contribution in [2.75, 3.05) is 26.5 Å². The number of thioether (sulfide) groups is 1. The number of hydrogen-bond acceptors (Lipinski definition) is 8. The zero-order valence-corrected chi connectivity index (χ0v) is 15.3. The van der Waals surface area contributed by atoms with E-state index in [2.05, 4.69) is 0 Å². The first-order chi connectivity index (χ1) is 11.3.